The van der Waals surface area contributed by atoms with Crippen LogP contribution in [0.2, 0.25) is 0 Å². The lowest BCUT2D eigenvalue weighted by Gasteiger charge is -2.38. The summed E-state index contributed by atoms with van der Waals surface area (Å²) in [7, 11) is 0. The molecule has 3 rings (SSSR count). The van der Waals surface area contributed by atoms with Crippen molar-refractivity contribution in [3.8, 4) is 0 Å². The van der Waals surface area contributed by atoms with Crippen LogP contribution in [0.3, 0.4) is 0 Å². The summed E-state index contributed by atoms with van der Waals surface area (Å²) in [6.07, 6.45) is 0. The lowest BCUT2D eigenvalue weighted by molar-refractivity contribution is -0.385. The fourth-order valence-electron chi connectivity index (χ4n) is 2.05. The van der Waals surface area contributed by atoms with Crippen LogP contribution in [-0.4, -0.2) is 23.9 Å². The van der Waals surface area contributed by atoms with Crippen molar-refractivity contribution in [1.82, 2.24) is 0 Å². The average Bonchev–Trinajstić information content (AvgIpc) is 2.54. The summed E-state index contributed by atoms with van der Waals surface area (Å²) in [4.78, 5) is 11.5. The van der Waals surface area contributed by atoms with Crippen molar-refractivity contribution in [2.45, 2.75) is 10.3 Å². The van der Waals surface area contributed by atoms with Gasteiger partial charge < -0.3 is 4.74 Å². The number of fused-ring (bicyclic) bond motifs is 2. The van der Waals surface area contributed by atoms with Gasteiger partial charge in [0.1, 0.15) is 0 Å². The summed E-state index contributed by atoms with van der Waals surface area (Å²) in [6.45, 7) is 1.41. The van der Waals surface area contributed by atoms with Gasteiger partial charge in [0.05, 0.1) is 23.6 Å². The quantitative estimate of drug-likeness (QED) is 0.539. The van der Waals surface area contributed by atoms with Gasteiger partial charge in [0.2, 0.25) is 0 Å². The van der Waals surface area contributed by atoms with Crippen LogP contribution < -0.4 is 0 Å². The molecule has 2 aliphatic rings. The first kappa shape index (κ1) is 9.18. The summed E-state index contributed by atoms with van der Waals surface area (Å²) in [5.74, 6) is 0.990. The van der Waals surface area contributed by atoms with Crippen LogP contribution in [0.4, 0.5) is 5.69 Å². The van der Waals surface area contributed by atoms with Crippen molar-refractivity contribution in [3.05, 3.63) is 33.9 Å². The number of non-ortho nitro benzene ring substituents is 1. The lowest BCUT2D eigenvalue weighted by atomic mass is 9.81. The molecule has 0 radical (unpaired) electrons. The second-order valence-electron chi connectivity index (χ2n) is 4.00. The molecule has 1 spiro atoms. The molecule has 4 nitrogen and oxygen atoms in total. The van der Waals surface area contributed by atoms with Crippen LogP contribution in [0.15, 0.2) is 23.1 Å². The summed E-state index contributed by atoms with van der Waals surface area (Å²) < 4.78 is 5.23. The maximum Gasteiger partial charge on any atom is 0.269 e. The molecular formula is C10H9NO3S. The summed E-state index contributed by atoms with van der Waals surface area (Å²) >= 11 is 1.77. The van der Waals surface area contributed by atoms with Gasteiger partial charge in [-0.3, -0.25) is 10.1 Å². The molecule has 0 aliphatic carbocycles. The fraction of sp³-hybridized carbons (Fsp3) is 0.400. The van der Waals surface area contributed by atoms with Gasteiger partial charge in [0.15, 0.2) is 0 Å². The standard InChI is InChI=1S/C10H9NO3S/c12-11(13)7-1-2-9-8(3-7)10(6-15-9)4-14-5-10/h1-3H,4-6H2. The topological polar surface area (TPSA) is 52.4 Å². The van der Waals surface area contributed by atoms with E-state index in [9.17, 15) is 10.1 Å². The second kappa shape index (κ2) is 2.96. The SMILES string of the molecule is O=[N+]([O-])c1ccc2c(c1)C1(COC1)CS2. The van der Waals surface area contributed by atoms with E-state index in [0.29, 0.717) is 13.2 Å². The van der Waals surface area contributed by atoms with Gasteiger partial charge in [-0.1, -0.05) is 0 Å². The van der Waals surface area contributed by atoms with E-state index < -0.39 is 0 Å². The number of hydrogen-bond donors (Lipinski definition) is 0. The minimum absolute atomic E-state index is 0.0615. The number of benzene rings is 1. The molecule has 0 saturated carbocycles. The van der Waals surface area contributed by atoms with Gasteiger partial charge >= 0.3 is 0 Å². The normalized spacial score (nSPS) is 21.1. The van der Waals surface area contributed by atoms with E-state index in [1.165, 1.54) is 4.90 Å². The van der Waals surface area contributed by atoms with E-state index >= 15 is 0 Å². The Morgan fingerprint density at radius 1 is 1.47 bits per heavy atom. The van der Waals surface area contributed by atoms with Gasteiger partial charge in [-0.25, -0.2) is 0 Å². The Morgan fingerprint density at radius 3 is 2.87 bits per heavy atom. The Bertz CT molecular complexity index is 442. The smallest absolute Gasteiger partial charge is 0.269 e. The highest BCUT2D eigenvalue weighted by Crippen LogP contribution is 2.48. The minimum atomic E-state index is -0.337. The Labute approximate surface area is 90.8 Å². The van der Waals surface area contributed by atoms with Gasteiger partial charge in [-0.2, -0.15) is 0 Å². The monoisotopic (exact) mass is 223 g/mol. The van der Waals surface area contributed by atoms with Crippen molar-refractivity contribution >= 4 is 17.4 Å². The van der Waals surface area contributed by atoms with Crippen molar-refractivity contribution < 1.29 is 9.66 Å². The number of rotatable bonds is 1. The predicted octanol–water partition coefficient (Wildman–Crippen LogP) is 1.97. The Hall–Kier alpha value is -1.07. The van der Waals surface area contributed by atoms with Crippen LogP contribution >= 0.6 is 11.8 Å². The molecule has 5 heteroatoms. The van der Waals surface area contributed by atoms with Crippen molar-refractivity contribution in [2.24, 2.45) is 0 Å². The van der Waals surface area contributed by atoms with E-state index in [0.717, 1.165) is 11.3 Å². The molecule has 1 aromatic rings. The predicted molar refractivity (Wildman–Crippen MR) is 56.3 cm³/mol. The van der Waals surface area contributed by atoms with E-state index in [4.69, 9.17) is 4.74 Å². The van der Waals surface area contributed by atoms with Gasteiger partial charge in [-0.05, 0) is 11.6 Å². The number of nitro groups is 1. The summed E-state index contributed by atoms with van der Waals surface area (Å²) in [6, 6.07) is 5.13. The fourth-order valence-corrected chi connectivity index (χ4v) is 3.40. The first-order chi connectivity index (χ1) is 7.21. The highest BCUT2D eigenvalue weighted by molar-refractivity contribution is 7.99. The molecule has 0 amide bonds. The van der Waals surface area contributed by atoms with Crippen molar-refractivity contribution in [3.63, 3.8) is 0 Å². The number of nitro benzene ring substituents is 1. The third-order valence-corrected chi connectivity index (χ3v) is 4.37. The van der Waals surface area contributed by atoms with Crippen LogP contribution in [0.25, 0.3) is 0 Å². The Balaban J connectivity index is 2.10. The molecule has 1 aromatic carbocycles. The zero-order chi connectivity index (χ0) is 10.5. The number of ether oxygens (including phenoxy) is 1. The van der Waals surface area contributed by atoms with Gasteiger partial charge in [-0.15, -0.1) is 11.8 Å². The highest BCUT2D eigenvalue weighted by atomic mass is 32.2. The Morgan fingerprint density at radius 2 is 2.27 bits per heavy atom. The summed E-state index contributed by atoms with van der Waals surface area (Å²) in [5, 5.41) is 10.7. The third kappa shape index (κ3) is 1.20. The van der Waals surface area contributed by atoms with E-state index in [1.807, 2.05) is 6.07 Å². The Kier molecular flexibility index (Phi) is 1.81. The van der Waals surface area contributed by atoms with Crippen LogP contribution in [0, 0.1) is 10.1 Å². The minimum Gasteiger partial charge on any atom is -0.379 e. The molecule has 15 heavy (non-hydrogen) atoms. The molecule has 1 saturated heterocycles. The maximum absolute atomic E-state index is 10.7. The zero-order valence-electron chi connectivity index (χ0n) is 7.93. The number of nitrogens with zero attached hydrogens (tertiary/aromatic N) is 1. The molecule has 78 valence electrons. The molecule has 0 aromatic heterocycles. The van der Waals surface area contributed by atoms with Crippen molar-refractivity contribution in [2.75, 3.05) is 19.0 Å². The molecular weight excluding hydrogens is 214 g/mol. The first-order valence-corrected chi connectivity index (χ1v) is 5.69. The number of hydrogen-bond acceptors (Lipinski definition) is 4. The van der Waals surface area contributed by atoms with E-state index in [1.54, 1.807) is 23.9 Å². The maximum atomic E-state index is 10.7. The second-order valence-corrected chi connectivity index (χ2v) is 5.02. The van der Waals surface area contributed by atoms with Crippen LogP contribution in [-0.2, 0) is 10.2 Å². The summed E-state index contributed by atoms with van der Waals surface area (Å²) in [5.41, 5.74) is 1.35. The van der Waals surface area contributed by atoms with E-state index in [2.05, 4.69) is 0 Å². The molecule has 2 heterocycles. The van der Waals surface area contributed by atoms with Crippen LogP contribution in [0.5, 0.6) is 0 Å². The molecule has 0 bridgehead atoms. The molecule has 1 fully saturated rings. The number of thioether (sulfide) groups is 1. The van der Waals surface area contributed by atoms with Gasteiger partial charge in [0.25, 0.3) is 5.69 Å². The molecule has 2 aliphatic heterocycles. The molecule has 0 N–H and O–H groups in total. The van der Waals surface area contributed by atoms with E-state index in [-0.39, 0.29) is 16.0 Å². The largest absolute Gasteiger partial charge is 0.379 e. The zero-order valence-corrected chi connectivity index (χ0v) is 8.75. The third-order valence-electron chi connectivity index (χ3n) is 3.01. The average molecular weight is 223 g/mol. The molecule has 0 unspecified atom stereocenters. The first-order valence-electron chi connectivity index (χ1n) is 4.71. The van der Waals surface area contributed by atoms with Crippen LogP contribution in [0.1, 0.15) is 5.56 Å². The van der Waals surface area contributed by atoms with Crippen molar-refractivity contribution in [1.29, 1.82) is 0 Å². The molecule has 0 atom stereocenters. The highest BCUT2D eigenvalue weighted by Gasteiger charge is 2.46. The lowest BCUT2D eigenvalue weighted by Crippen LogP contribution is -2.46. The van der Waals surface area contributed by atoms with Gasteiger partial charge in [0, 0.05) is 22.8 Å².